The maximum atomic E-state index is 12.3. The van der Waals surface area contributed by atoms with Crippen molar-refractivity contribution in [1.29, 1.82) is 5.26 Å². The Bertz CT molecular complexity index is 389. The molecular formula is C9H10F6N2Si. The smallest absolute Gasteiger partial charge is 0.283 e. The molecule has 2 nitrogen and oxygen atoms in total. The summed E-state index contributed by atoms with van der Waals surface area (Å²) in [5, 5.41) is 8.43. The van der Waals surface area contributed by atoms with Gasteiger partial charge in [-0.15, -0.1) is 0 Å². The van der Waals surface area contributed by atoms with Crippen molar-refractivity contribution in [2.24, 2.45) is 10.6 Å². The standard InChI is InChI=1S/C9H10F6N2Si/c1-18(2,3)17-5-6(4-16)7(8(10,11)12)9(13,14)15/h7H,1-3H3. The Labute approximate surface area is 101 Å². The number of hydrogen-bond acceptors (Lipinski definition) is 2. The average molecular weight is 288 g/mol. The van der Waals surface area contributed by atoms with Crippen LogP contribution in [0.5, 0.6) is 0 Å². The number of nitrogens with zero attached hydrogens (tertiary/aromatic N) is 2. The second kappa shape index (κ2) is 5.16. The fourth-order valence-electron chi connectivity index (χ4n) is 0.895. The molecule has 0 unspecified atom stereocenters. The summed E-state index contributed by atoms with van der Waals surface area (Å²) in [6, 6.07) is 0.882. The van der Waals surface area contributed by atoms with Gasteiger partial charge in [-0.1, -0.05) is 0 Å². The van der Waals surface area contributed by atoms with E-state index in [1.807, 2.05) is 0 Å². The third-order valence-corrected chi connectivity index (χ3v) is 2.36. The zero-order valence-corrected chi connectivity index (χ0v) is 10.7. The molecule has 18 heavy (non-hydrogen) atoms. The van der Waals surface area contributed by atoms with Gasteiger partial charge in [-0.05, 0) is 25.5 Å². The third kappa shape index (κ3) is 5.38. The van der Waals surface area contributed by atoms with E-state index >= 15 is 0 Å². The summed E-state index contributed by atoms with van der Waals surface area (Å²) in [4.78, 5) is 0. The highest BCUT2D eigenvalue weighted by atomic mass is 28.3. The highest BCUT2D eigenvalue weighted by Crippen LogP contribution is 2.42. The Morgan fingerprint density at radius 3 is 1.67 bits per heavy atom. The van der Waals surface area contributed by atoms with Gasteiger partial charge in [-0.25, -0.2) is 0 Å². The van der Waals surface area contributed by atoms with E-state index in [0.717, 1.165) is 6.07 Å². The second-order valence-corrected chi connectivity index (χ2v) is 9.00. The lowest BCUT2D eigenvalue weighted by Crippen LogP contribution is -2.38. The van der Waals surface area contributed by atoms with Crippen molar-refractivity contribution in [2.75, 3.05) is 0 Å². The molecule has 0 saturated heterocycles. The molecule has 0 bridgehead atoms. The van der Waals surface area contributed by atoms with Crippen LogP contribution in [0.4, 0.5) is 26.3 Å². The highest BCUT2D eigenvalue weighted by molar-refractivity contribution is 6.75. The second-order valence-electron chi connectivity index (χ2n) is 4.44. The van der Waals surface area contributed by atoms with Crippen molar-refractivity contribution < 1.29 is 26.3 Å². The first-order chi connectivity index (χ1) is 7.79. The first-order valence-electron chi connectivity index (χ1n) is 4.67. The summed E-state index contributed by atoms with van der Waals surface area (Å²) in [7, 11) is -2.29. The summed E-state index contributed by atoms with van der Waals surface area (Å²) >= 11 is 0. The minimum atomic E-state index is -5.59. The SMILES string of the molecule is C[Si](C)(C)N=C=C(C#N)C(C(F)(F)F)C(F)(F)F. The first kappa shape index (κ1) is 16.7. The molecule has 0 aliphatic carbocycles. The molecule has 0 heterocycles. The molecular weight excluding hydrogens is 278 g/mol. The van der Waals surface area contributed by atoms with Crippen LogP contribution in [-0.4, -0.2) is 26.5 Å². The summed E-state index contributed by atoms with van der Waals surface area (Å²) in [6.07, 6.45) is -11.2. The molecule has 0 N–H and O–H groups in total. The molecule has 0 aromatic heterocycles. The molecule has 102 valence electrons. The third-order valence-electron chi connectivity index (χ3n) is 1.58. The van der Waals surface area contributed by atoms with E-state index in [1.54, 1.807) is 25.5 Å². The van der Waals surface area contributed by atoms with Gasteiger partial charge in [0.25, 0.3) is 0 Å². The lowest BCUT2D eigenvalue weighted by molar-refractivity contribution is -0.269. The molecule has 0 spiro atoms. The molecule has 0 aliphatic heterocycles. The molecule has 0 atom stereocenters. The lowest BCUT2D eigenvalue weighted by Gasteiger charge is -2.21. The van der Waals surface area contributed by atoms with E-state index in [0.29, 0.717) is 0 Å². The Kier molecular flexibility index (Phi) is 4.80. The number of rotatable bonds is 2. The van der Waals surface area contributed by atoms with Crippen LogP contribution in [0.1, 0.15) is 0 Å². The van der Waals surface area contributed by atoms with Crippen LogP contribution in [0, 0.1) is 17.2 Å². The van der Waals surface area contributed by atoms with Gasteiger partial charge in [-0.3, -0.25) is 4.66 Å². The molecule has 0 rings (SSSR count). The summed E-state index contributed by atoms with van der Waals surface area (Å²) in [6.45, 7) is 4.77. The van der Waals surface area contributed by atoms with Crippen LogP contribution in [0.15, 0.2) is 10.2 Å². The minimum absolute atomic E-state index is 0.882. The largest absolute Gasteiger partial charge is 0.405 e. The van der Waals surface area contributed by atoms with Crippen molar-refractivity contribution >= 4 is 14.1 Å². The van der Waals surface area contributed by atoms with Gasteiger partial charge in [0.05, 0.1) is 0 Å². The zero-order valence-electron chi connectivity index (χ0n) is 9.74. The van der Waals surface area contributed by atoms with E-state index in [1.165, 1.54) is 0 Å². The van der Waals surface area contributed by atoms with Gasteiger partial charge in [0, 0.05) is 0 Å². The molecule has 0 amide bonds. The highest BCUT2D eigenvalue weighted by Gasteiger charge is 2.59. The van der Waals surface area contributed by atoms with Crippen molar-refractivity contribution in [2.45, 2.75) is 32.0 Å². The maximum Gasteiger partial charge on any atom is 0.405 e. The summed E-state index contributed by atoms with van der Waals surface area (Å²) in [5.74, 6) is -2.21. The predicted octanol–water partition coefficient (Wildman–Crippen LogP) is 3.68. The van der Waals surface area contributed by atoms with Gasteiger partial charge in [0.15, 0.2) is 14.2 Å². The van der Waals surface area contributed by atoms with Crippen molar-refractivity contribution in [1.82, 2.24) is 0 Å². The molecule has 0 aromatic carbocycles. The average Bonchev–Trinajstić information content (AvgIpc) is 2.05. The number of allylic oxidation sites excluding steroid dienone is 1. The fourth-order valence-corrected chi connectivity index (χ4v) is 1.35. The van der Waals surface area contributed by atoms with Crippen LogP contribution in [0.25, 0.3) is 0 Å². The van der Waals surface area contributed by atoms with Crippen molar-refractivity contribution in [3.05, 3.63) is 5.57 Å². The molecule has 9 heteroatoms. The van der Waals surface area contributed by atoms with Gasteiger partial charge in [-0.2, -0.15) is 31.6 Å². The van der Waals surface area contributed by atoms with Crippen molar-refractivity contribution in [3.8, 4) is 6.07 Å². The fraction of sp³-hybridized carbons (Fsp3) is 0.667. The van der Waals surface area contributed by atoms with Crippen LogP contribution in [0.2, 0.25) is 19.6 Å². The molecule has 0 fully saturated rings. The lowest BCUT2D eigenvalue weighted by atomic mass is 10.0. The maximum absolute atomic E-state index is 12.3. The quantitative estimate of drug-likeness (QED) is 0.330. The summed E-state index contributed by atoms with van der Waals surface area (Å²) < 4.78 is 77.4. The summed E-state index contributed by atoms with van der Waals surface area (Å²) in [5.41, 5.74) is -1.56. The van der Waals surface area contributed by atoms with E-state index in [2.05, 4.69) is 4.66 Å². The van der Waals surface area contributed by atoms with Crippen LogP contribution >= 0.6 is 0 Å². The Morgan fingerprint density at radius 1 is 1.06 bits per heavy atom. The van der Waals surface area contributed by atoms with Gasteiger partial charge in [0.2, 0.25) is 0 Å². The minimum Gasteiger partial charge on any atom is -0.283 e. The number of hydrogen-bond donors (Lipinski definition) is 0. The van der Waals surface area contributed by atoms with Gasteiger partial charge >= 0.3 is 12.4 Å². The van der Waals surface area contributed by atoms with Crippen molar-refractivity contribution in [3.63, 3.8) is 0 Å². The van der Waals surface area contributed by atoms with E-state index < -0.39 is 32.1 Å². The monoisotopic (exact) mass is 288 g/mol. The Morgan fingerprint density at radius 2 is 1.44 bits per heavy atom. The predicted molar refractivity (Wildman–Crippen MR) is 55.5 cm³/mol. The normalized spacial score (nSPS) is 12.9. The number of nitriles is 1. The Balaban J connectivity index is 5.78. The topological polar surface area (TPSA) is 36.1 Å². The Hall–Kier alpha value is -1.26. The molecule has 0 aromatic rings. The number of alkyl halides is 6. The van der Waals surface area contributed by atoms with Crippen LogP contribution < -0.4 is 0 Å². The van der Waals surface area contributed by atoms with Crippen LogP contribution in [0.3, 0.4) is 0 Å². The zero-order chi connectivity index (χ0) is 14.8. The molecule has 0 aliphatic rings. The van der Waals surface area contributed by atoms with E-state index in [-0.39, 0.29) is 0 Å². The molecule has 0 saturated carbocycles. The van der Waals surface area contributed by atoms with Gasteiger partial charge < -0.3 is 0 Å². The van der Waals surface area contributed by atoms with E-state index in [4.69, 9.17) is 5.26 Å². The van der Waals surface area contributed by atoms with Crippen LogP contribution in [-0.2, 0) is 0 Å². The first-order valence-corrected chi connectivity index (χ1v) is 8.12. The number of halogens is 6. The van der Waals surface area contributed by atoms with E-state index in [9.17, 15) is 26.3 Å². The molecule has 0 radical (unpaired) electrons. The van der Waals surface area contributed by atoms with Gasteiger partial charge in [0.1, 0.15) is 11.6 Å².